The molecule has 1 N–H and O–H groups in total. The highest BCUT2D eigenvalue weighted by Gasteiger charge is 2.11. The van der Waals surface area contributed by atoms with Crippen LogP contribution in [-0.2, 0) is 10.0 Å². The minimum Gasteiger partial charge on any atom is -0.378 e. The second kappa shape index (κ2) is 6.62. The zero-order valence-corrected chi connectivity index (χ0v) is 13.6. The average Bonchev–Trinajstić information content (AvgIpc) is 2.48. The maximum absolute atomic E-state index is 12.0. The number of nitrogens with zero attached hydrogens (tertiary/aromatic N) is 2. The molecule has 0 aromatic heterocycles. The Kier molecular flexibility index (Phi) is 4.82. The third-order valence-corrected chi connectivity index (χ3v) is 4.37. The summed E-state index contributed by atoms with van der Waals surface area (Å²) in [5.74, 6) is 0. The molecule has 22 heavy (non-hydrogen) atoms. The van der Waals surface area contributed by atoms with Gasteiger partial charge in [0.1, 0.15) is 0 Å². The summed E-state index contributed by atoms with van der Waals surface area (Å²) in [6.07, 6.45) is 1.48. The molecule has 0 aliphatic carbocycles. The Hall–Kier alpha value is -2.34. The van der Waals surface area contributed by atoms with Crippen LogP contribution in [0.5, 0.6) is 0 Å². The molecule has 0 amide bonds. The Labute approximate surface area is 131 Å². The second-order valence-electron chi connectivity index (χ2n) is 5.15. The highest BCUT2D eigenvalue weighted by atomic mass is 32.2. The standard InChI is InChI=1S/C16H19N3O2S/c1-13-4-10-16(11-5-13)22(20,21)18-17-12-14-6-8-15(9-7-14)19(2)3/h4-12,18H,1-3H3/b17-12-. The predicted octanol–water partition coefficient (Wildman–Crippen LogP) is 2.37. The van der Waals surface area contributed by atoms with Crippen molar-refractivity contribution in [1.29, 1.82) is 0 Å². The van der Waals surface area contributed by atoms with Gasteiger partial charge in [-0.1, -0.05) is 29.8 Å². The van der Waals surface area contributed by atoms with Crippen LogP contribution >= 0.6 is 0 Å². The molecule has 2 aromatic rings. The summed E-state index contributed by atoms with van der Waals surface area (Å²) in [4.78, 5) is 4.39. The molecule has 116 valence electrons. The molecule has 0 heterocycles. The van der Waals surface area contributed by atoms with Crippen molar-refractivity contribution >= 4 is 21.9 Å². The van der Waals surface area contributed by atoms with E-state index in [1.54, 1.807) is 24.3 Å². The molecule has 0 bridgehead atoms. The summed E-state index contributed by atoms with van der Waals surface area (Å²) in [5, 5.41) is 3.81. The summed E-state index contributed by atoms with van der Waals surface area (Å²) in [5.41, 5.74) is 2.89. The van der Waals surface area contributed by atoms with Gasteiger partial charge in [0.05, 0.1) is 11.1 Å². The van der Waals surface area contributed by atoms with E-state index in [4.69, 9.17) is 0 Å². The summed E-state index contributed by atoms with van der Waals surface area (Å²) < 4.78 is 24.1. The third kappa shape index (κ3) is 4.08. The van der Waals surface area contributed by atoms with Gasteiger partial charge in [0.25, 0.3) is 10.0 Å². The van der Waals surface area contributed by atoms with Gasteiger partial charge < -0.3 is 4.90 Å². The Morgan fingerprint density at radius 3 is 2.14 bits per heavy atom. The zero-order valence-electron chi connectivity index (χ0n) is 12.8. The van der Waals surface area contributed by atoms with Gasteiger partial charge in [0, 0.05) is 19.8 Å². The van der Waals surface area contributed by atoms with E-state index >= 15 is 0 Å². The lowest BCUT2D eigenvalue weighted by Crippen LogP contribution is -2.18. The first kappa shape index (κ1) is 16.0. The van der Waals surface area contributed by atoms with E-state index in [-0.39, 0.29) is 4.90 Å². The molecule has 2 aromatic carbocycles. The normalized spacial score (nSPS) is 11.6. The Morgan fingerprint density at radius 1 is 1.00 bits per heavy atom. The van der Waals surface area contributed by atoms with Gasteiger partial charge >= 0.3 is 0 Å². The van der Waals surface area contributed by atoms with Crippen molar-refractivity contribution in [1.82, 2.24) is 4.83 Å². The molecule has 0 atom stereocenters. The molecule has 0 spiro atoms. The van der Waals surface area contributed by atoms with Crippen LogP contribution in [0.1, 0.15) is 11.1 Å². The number of hydrogen-bond donors (Lipinski definition) is 1. The lowest BCUT2D eigenvalue weighted by molar-refractivity contribution is 0.584. The number of hydrogen-bond acceptors (Lipinski definition) is 4. The average molecular weight is 317 g/mol. The lowest BCUT2D eigenvalue weighted by Gasteiger charge is -2.11. The lowest BCUT2D eigenvalue weighted by atomic mass is 10.2. The van der Waals surface area contributed by atoms with Crippen LogP contribution in [0.15, 0.2) is 58.5 Å². The minimum absolute atomic E-state index is 0.193. The van der Waals surface area contributed by atoms with E-state index in [0.29, 0.717) is 0 Å². The van der Waals surface area contributed by atoms with E-state index in [1.807, 2.05) is 50.2 Å². The number of benzene rings is 2. The Morgan fingerprint density at radius 2 is 1.59 bits per heavy atom. The Bertz CT molecular complexity index is 749. The van der Waals surface area contributed by atoms with Crippen molar-refractivity contribution < 1.29 is 8.42 Å². The SMILES string of the molecule is Cc1ccc(S(=O)(=O)N/N=C\c2ccc(N(C)C)cc2)cc1. The molecule has 0 aliphatic rings. The first-order valence-corrected chi connectivity index (χ1v) is 8.26. The summed E-state index contributed by atoms with van der Waals surface area (Å²) in [6.45, 7) is 1.90. The summed E-state index contributed by atoms with van der Waals surface area (Å²) in [6, 6.07) is 14.2. The smallest absolute Gasteiger partial charge is 0.276 e. The van der Waals surface area contributed by atoms with Gasteiger partial charge in [-0.3, -0.25) is 0 Å². The molecule has 6 heteroatoms. The van der Waals surface area contributed by atoms with Gasteiger partial charge in [-0.05, 0) is 36.8 Å². The van der Waals surface area contributed by atoms with E-state index in [9.17, 15) is 8.42 Å². The first-order chi connectivity index (χ1) is 10.4. The fourth-order valence-electron chi connectivity index (χ4n) is 1.80. The number of rotatable bonds is 5. The number of sulfonamides is 1. The second-order valence-corrected chi connectivity index (χ2v) is 6.81. The monoisotopic (exact) mass is 317 g/mol. The largest absolute Gasteiger partial charge is 0.378 e. The highest BCUT2D eigenvalue weighted by Crippen LogP contribution is 2.11. The highest BCUT2D eigenvalue weighted by molar-refractivity contribution is 7.89. The van der Waals surface area contributed by atoms with Gasteiger partial charge in [-0.2, -0.15) is 13.5 Å². The van der Waals surface area contributed by atoms with Crippen LogP contribution in [0.25, 0.3) is 0 Å². The molecule has 0 saturated heterocycles. The predicted molar refractivity (Wildman–Crippen MR) is 89.9 cm³/mol. The van der Waals surface area contributed by atoms with Crippen molar-refractivity contribution in [2.45, 2.75) is 11.8 Å². The van der Waals surface area contributed by atoms with Crippen molar-refractivity contribution in [3.8, 4) is 0 Å². The molecule has 0 fully saturated rings. The molecule has 0 aliphatic heterocycles. The van der Waals surface area contributed by atoms with Crippen LogP contribution in [0, 0.1) is 6.92 Å². The van der Waals surface area contributed by atoms with Crippen molar-refractivity contribution in [2.24, 2.45) is 5.10 Å². The molecular formula is C16H19N3O2S. The summed E-state index contributed by atoms with van der Waals surface area (Å²) in [7, 11) is 0.289. The molecule has 0 unspecified atom stereocenters. The maximum atomic E-state index is 12.0. The fraction of sp³-hybridized carbons (Fsp3) is 0.188. The van der Waals surface area contributed by atoms with Crippen LogP contribution in [0.3, 0.4) is 0 Å². The number of anilines is 1. The molecule has 0 saturated carbocycles. The van der Waals surface area contributed by atoms with Crippen molar-refractivity contribution in [3.63, 3.8) is 0 Å². The van der Waals surface area contributed by atoms with E-state index in [2.05, 4.69) is 9.93 Å². The summed E-state index contributed by atoms with van der Waals surface area (Å²) >= 11 is 0. The van der Waals surface area contributed by atoms with Gasteiger partial charge in [-0.25, -0.2) is 4.83 Å². The van der Waals surface area contributed by atoms with Crippen LogP contribution in [0.4, 0.5) is 5.69 Å². The van der Waals surface area contributed by atoms with Crippen LogP contribution in [0.2, 0.25) is 0 Å². The van der Waals surface area contributed by atoms with E-state index < -0.39 is 10.0 Å². The molecule has 5 nitrogen and oxygen atoms in total. The van der Waals surface area contributed by atoms with Gasteiger partial charge in [-0.15, -0.1) is 0 Å². The minimum atomic E-state index is -3.62. The zero-order chi connectivity index (χ0) is 16.2. The number of nitrogens with one attached hydrogen (secondary N) is 1. The van der Waals surface area contributed by atoms with E-state index in [0.717, 1.165) is 16.8 Å². The molecule has 0 radical (unpaired) electrons. The quantitative estimate of drug-likeness (QED) is 0.680. The molecular weight excluding hydrogens is 298 g/mol. The third-order valence-electron chi connectivity index (χ3n) is 3.13. The number of hydrazone groups is 1. The van der Waals surface area contributed by atoms with E-state index in [1.165, 1.54) is 6.21 Å². The van der Waals surface area contributed by atoms with Crippen molar-refractivity contribution in [3.05, 3.63) is 59.7 Å². The van der Waals surface area contributed by atoms with Crippen molar-refractivity contribution in [2.75, 3.05) is 19.0 Å². The first-order valence-electron chi connectivity index (χ1n) is 6.77. The molecule has 2 rings (SSSR count). The van der Waals surface area contributed by atoms with Gasteiger partial charge in [0.15, 0.2) is 0 Å². The fourth-order valence-corrected chi connectivity index (χ4v) is 2.59. The maximum Gasteiger partial charge on any atom is 0.276 e. The number of aryl methyl sites for hydroxylation is 1. The van der Waals surface area contributed by atoms with Crippen LogP contribution in [-0.4, -0.2) is 28.7 Å². The Balaban J connectivity index is 2.06. The van der Waals surface area contributed by atoms with Crippen LogP contribution < -0.4 is 9.73 Å². The van der Waals surface area contributed by atoms with Gasteiger partial charge in [0.2, 0.25) is 0 Å². The topological polar surface area (TPSA) is 61.8 Å².